The molecule has 0 aliphatic heterocycles. The summed E-state index contributed by atoms with van der Waals surface area (Å²) < 4.78 is 0. The molecule has 0 radical (unpaired) electrons. The lowest BCUT2D eigenvalue weighted by atomic mass is 10.2. The van der Waals surface area contributed by atoms with Crippen molar-refractivity contribution in [1.29, 1.82) is 0 Å². The number of nitrogens with one attached hydrogen (secondary N) is 1. The molecule has 1 nitrogen and oxygen atoms in total. The minimum atomic E-state index is 0.639. The highest BCUT2D eigenvalue weighted by Gasteiger charge is 1.95. The van der Waals surface area contributed by atoms with Crippen LogP contribution in [0.2, 0.25) is 10.0 Å². The number of hydrogen-bond donors (Lipinski definition) is 2. The minimum absolute atomic E-state index is 0.639. The predicted octanol–water partition coefficient (Wildman–Crippen LogP) is 5.02. The summed E-state index contributed by atoms with van der Waals surface area (Å²) in [4.78, 5) is 0. The van der Waals surface area contributed by atoms with Gasteiger partial charge in [-0.3, -0.25) is 0 Å². The summed E-state index contributed by atoms with van der Waals surface area (Å²) in [5.74, 6) is 0. The molecule has 5 heteroatoms. The summed E-state index contributed by atoms with van der Waals surface area (Å²) in [6, 6.07) is 5.51. The van der Waals surface area contributed by atoms with E-state index in [4.69, 9.17) is 34.8 Å². The maximum Gasteiger partial charge on any atom is 0.0424 e. The molecule has 0 amide bonds. The lowest BCUT2D eigenvalue weighted by molar-refractivity contribution is 0.818. The van der Waals surface area contributed by atoms with Crippen LogP contribution in [0.4, 0.5) is 0 Å². The van der Waals surface area contributed by atoms with Crippen molar-refractivity contribution in [2.75, 3.05) is 13.3 Å². The summed E-state index contributed by atoms with van der Waals surface area (Å²) in [6.07, 6.45) is 1.69. The Morgan fingerprint density at radius 3 is 1.88 bits per heavy atom. The summed E-state index contributed by atoms with van der Waals surface area (Å²) >= 11 is 20.2. The summed E-state index contributed by atoms with van der Waals surface area (Å²) in [5, 5.41) is 5.03. The van der Waals surface area contributed by atoms with Gasteiger partial charge in [0.1, 0.15) is 0 Å². The molecule has 0 aliphatic carbocycles. The van der Waals surface area contributed by atoms with E-state index in [2.05, 4.69) is 24.5 Å². The minimum Gasteiger partial charge on any atom is -0.316 e. The van der Waals surface area contributed by atoms with Crippen molar-refractivity contribution in [2.45, 2.75) is 13.5 Å². The van der Waals surface area contributed by atoms with E-state index in [1.165, 1.54) is 0 Å². The van der Waals surface area contributed by atoms with Crippen LogP contribution in [-0.4, -0.2) is 13.3 Å². The van der Waals surface area contributed by atoms with Gasteiger partial charge in [0, 0.05) is 21.6 Å². The number of thiol groups is 1. The maximum absolute atomic E-state index is 5.77. The predicted molar refractivity (Wildman–Crippen MR) is 84.8 cm³/mol. The molecule has 0 unspecified atom stereocenters. The Balaban J connectivity index is 0. The lowest BCUT2D eigenvalue weighted by Crippen LogP contribution is -2.04. The van der Waals surface area contributed by atoms with Gasteiger partial charge in [0.25, 0.3) is 0 Å². The summed E-state index contributed by atoms with van der Waals surface area (Å²) in [7, 11) is 1.88. The molecular weight excluding hydrogens is 297 g/mol. The van der Waals surface area contributed by atoms with E-state index in [1.54, 1.807) is 19.2 Å². The van der Waals surface area contributed by atoms with E-state index < -0.39 is 0 Å². The fourth-order valence-electron chi connectivity index (χ4n) is 0.917. The topological polar surface area (TPSA) is 12.0 Å². The van der Waals surface area contributed by atoms with Crippen LogP contribution >= 0.6 is 47.4 Å². The van der Waals surface area contributed by atoms with Crippen molar-refractivity contribution in [3.05, 3.63) is 45.4 Å². The molecule has 0 saturated carbocycles. The zero-order valence-corrected chi connectivity index (χ0v) is 13.4. The Morgan fingerprint density at radius 1 is 1.24 bits per heavy atom. The van der Waals surface area contributed by atoms with E-state index in [0.29, 0.717) is 15.1 Å². The smallest absolute Gasteiger partial charge is 0.0424 e. The van der Waals surface area contributed by atoms with Gasteiger partial charge in [-0.05, 0) is 44.0 Å². The Hall–Kier alpha value is 0.140. The van der Waals surface area contributed by atoms with Crippen LogP contribution in [-0.2, 0) is 6.54 Å². The Morgan fingerprint density at radius 2 is 1.59 bits per heavy atom. The molecule has 0 heterocycles. The highest BCUT2D eigenvalue weighted by molar-refractivity contribution is 7.79. The van der Waals surface area contributed by atoms with Crippen LogP contribution in [0.25, 0.3) is 0 Å². The van der Waals surface area contributed by atoms with Crippen LogP contribution in [0.1, 0.15) is 12.5 Å². The molecule has 0 spiro atoms. The van der Waals surface area contributed by atoms with Gasteiger partial charge in [0.05, 0.1) is 0 Å². The molecule has 0 fully saturated rings. The van der Waals surface area contributed by atoms with Crippen molar-refractivity contribution < 1.29 is 0 Å². The van der Waals surface area contributed by atoms with Gasteiger partial charge in [0.15, 0.2) is 0 Å². The first-order valence-corrected chi connectivity index (χ1v) is 6.84. The molecule has 17 heavy (non-hydrogen) atoms. The molecule has 1 aromatic rings. The van der Waals surface area contributed by atoms with Gasteiger partial charge in [-0.1, -0.05) is 41.4 Å². The fraction of sp³-hybridized carbons (Fsp3) is 0.333. The van der Waals surface area contributed by atoms with Gasteiger partial charge in [0.2, 0.25) is 0 Å². The molecule has 0 saturated heterocycles. The first-order valence-electron chi connectivity index (χ1n) is 4.81. The molecule has 1 N–H and O–H groups in total. The molecule has 1 aromatic carbocycles. The Labute approximate surface area is 125 Å². The second kappa shape index (κ2) is 12.6. The van der Waals surface area contributed by atoms with Crippen LogP contribution in [0, 0.1) is 0 Å². The summed E-state index contributed by atoms with van der Waals surface area (Å²) in [5.41, 5.74) is 1.10. The second-order valence-corrected chi connectivity index (χ2v) is 4.50. The molecular formula is C12H18Cl3NS. The standard InChI is InChI=1S/C8H9Cl2N.C3H5Cl.CH4S/c1-11-5-6-2-7(9)4-8(10)3-6;1-3(2)4;1-2/h2-4,11H,5H2,1H3;1H2,2H3;2H,1H3. The van der Waals surface area contributed by atoms with E-state index in [-0.39, 0.29) is 0 Å². The first-order chi connectivity index (χ1) is 7.95. The molecule has 0 atom stereocenters. The van der Waals surface area contributed by atoms with Crippen molar-refractivity contribution in [2.24, 2.45) is 0 Å². The van der Waals surface area contributed by atoms with Crippen molar-refractivity contribution in [3.63, 3.8) is 0 Å². The third-order valence-corrected chi connectivity index (χ3v) is 1.74. The van der Waals surface area contributed by atoms with Crippen molar-refractivity contribution in [3.8, 4) is 0 Å². The number of hydrogen-bond acceptors (Lipinski definition) is 2. The van der Waals surface area contributed by atoms with Crippen molar-refractivity contribution in [1.82, 2.24) is 5.32 Å². The SMILES string of the molecule is C=C(C)Cl.CNCc1cc(Cl)cc(Cl)c1.CS. The van der Waals surface area contributed by atoms with E-state index in [9.17, 15) is 0 Å². The second-order valence-electron chi connectivity index (χ2n) is 2.98. The Kier molecular flexibility index (Phi) is 14.4. The van der Waals surface area contributed by atoms with Crippen LogP contribution in [0.15, 0.2) is 29.8 Å². The molecule has 1 rings (SSSR count). The quantitative estimate of drug-likeness (QED) is 0.731. The van der Waals surface area contributed by atoms with Crippen molar-refractivity contribution >= 4 is 47.4 Å². The average Bonchev–Trinajstić information content (AvgIpc) is 2.18. The largest absolute Gasteiger partial charge is 0.316 e. The van der Waals surface area contributed by atoms with E-state index >= 15 is 0 Å². The van der Waals surface area contributed by atoms with Crippen LogP contribution in [0.3, 0.4) is 0 Å². The monoisotopic (exact) mass is 313 g/mol. The molecule has 0 aromatic heterocycles. The first kappa shape index (κ1) is 19.5. The molecule has 98 valence electrons. The van der Waals surface area contributed by atoms with Gasteiger partial charge in [-0.15, -0.1) is 0 Å². The molecule has 0 aliphatic rings. The van der Waals surface area contributed by atoms with Crippen LogP contribution < -0.4 is 5.32 Å². The third-order valence-electron chi connectivity index (χ3n) is 1.30. The number of allylic oxidation sites excluding steroid dienone is 1. The van der Waals surface area contributed by atoms with Gasteiger partial charge in [-0.2, -0.15) is 12.6 Å². The third kappa shape index (κ3) is 14.1. The van der Waals surface area contributed by atoms with Crippen LogP contribution in [0.5, 0.6) is 0 Å². The van der Waals surface area contributed by atoms with Gasteiger partial charge >= 0.3 is 0 Å². The fourth-order valence-corrected chi connectivity index (χ4v) is 1.49. The number of benzene rings is 1. The maximum atomic E-state index is 5.77. The molecule has 0 bridgehead atoms. The van der Waals surface area contributed by atoms with E-state index in [1.807, 2.05) is 19.2 Å². The zero-order valence-electron chi connectivity index (χ0n) is 10.2. The Bertz CT molecular complexity index is 305. The van der Waals surface area contributed by atoms with Gasteiger partial charge < -0.3 is 5.32 Å². The van der Waals surface area contributed by atoms with E-state index in [0.717, 1.165) is 12.1 Å². The summed E-state index contributed by atoms with van der Waals surface area (Å²) in [6.45, 7) is 5.85. The zero-order chi connectivity index (χ0) is 13.8. The number of rotatable bonds is 2. The normalized spacial score (nSPS) is 8.41. The van der Waals surface area contributed by atoms with Gasteiger partial charge in [-0.25, -0.2) is 0 Å². The number of halogens is 3. The average molecular weight is 315 g/mol. The highest BCUT2D eigenvalue weighted by Crippen LogP contribution is 2.18. The highest BCUT2D eigenvalue weighted by atomic mass is 35.5. The lowest BCUT2D eigenvalue weighted by Gasteiger charge is -2.00.